The molecule has 0 bridgehead atoms. The number of rotatable bonds is 3. The lowest BCUT2D eigenvalue weighted by molar-refractivity contribution is 0.282. The number of aliphatic hydroxyl groups is 1. The van der Waals surface area contributed by atoms with Crippen molar-refractivity contribution in [1.29, 1.82) is 0 Å². The van der Waals surface area contributed by atoms with Crippen LogP contribution in [0.5, 0.6) is 5.75 Å². The minimum atomic E-state index is 0.0384. The molecule has 0 radical (unpaired) electrons. The van der Waals surface area contributed by atoms with Crippen LogP contribution in [0.3, 0.4) is 0 Å². The van der Waals surface area contributed by atoms with Crippen molar-refractivity contribution in [2.75, 3.05) is 7.11 Å². The number of benzene rings is 2. The molecule has 18 heavy (non-hydrogen) atoms. The average molecular weight is 263 g/mol. The lowest BCUT2D eigenvalue weighted by Gasteiger charge is -2.10. The third-order valence-corrected chi connectivity index (χ3v) is 3.16. The van der Waals surface area contributed by atoms with Gasteiger partial charge >= 0.3 is 0 Å². The van der Waals surface area contributed by atoms with Gasteiger partial charge in [-0.25, -0.2) is 0 Å². The van der Waals surface area contributed by atoms with Crippen LogP contribution in [-0.4, -0.2) is 12.2 Å². The maximum Gasteiger partial charge on any atom is 0.140 e. The summed E-state index contributed by atoms with van der Waals surface area (Å²) in [5.74, 6) is 0.707. The van der Waals surface area contributed by atoms with E-state index in [-0.39, 0.29) is 6.61 Å². The van der Waals surface area contributed by atoms with Crippen molar-refractivity contribution >= 4 is 11.6 Å². The zero-order valence-electron chi connectivity index (χ0n) is 10.4. The third kappa shape index (κ3) is 2.50. The van der Waals surface area contributed by atoms with E-state index >= 15 is 0 Å². The third-order valence-electron chi connectivity index (χ3n) is 2.88. The minimum absolute atomic E-state index is 0.0384. The monoisotopic (exact) mass is 262 g/mol. The summed E-state index contributed by atoms with van der Waals surface area (Å²) < 4.78 is 5.24. The summed E-state index contributed by atoms with van der Waals surface area (Å²) >= 11 is 6.18. The van der Waals surface area contributed by atoms with Gasteiger partial charge in [0.25, 0.3) is 0 Å². The number of hydrogen-bond donors (Lipinski definition) is 1. The number of ether oxygens (including phenoxy) is 1. The Morgan fingerprint density at radius 2 is 1.94 bits per heavy atom. The molecular formula is C15H15ClO2. The van der Waals surface area contributed by atoms with E-state index < -0.39 is 0 Å². The molecule has 0 aliphatic heterocycles. The highest BCUT2D eigenvalue weighted by atomic mass is 35.5. The van der Waals surface area contributed by atoms with Crippen molar-refractivity contribution in [2.24, 2.45) is 0 Å². The first-order chi connectivity index (χ1) is 8.65. The van der Waals surface area contributed by atoms with Crippen molar-refractivity contribution < 1.29 is 9.84 Å². The molecule has 94 valence electrons. The van der Waals surface area contributed by atoms with E-state index in [0.717, 1.165) is 22.3 Å². The zero-order chi connectivity index (χ0) is 13.1. The molecule has 0 aromatic heterocycles. The van der Waals surface area contributed by atoms with E-state index in [0.29, 0.717) is 10.8 Å². The molecule has 0 unspecified atom stereocenters. The predicted molar refractivity (Wildman–Crippen MR) is 74.1 cm³/mol. The molecule has 0 atom stereocenters. The lowest BCUT2D eigenvalue weighted by Crippen LogP contribution is -1.90. The lowest BCUT2D eigenvalue weighted by atomic mass is 10.0. The molecule has 2 aromatic rings. The maximum atomic E-state index is 9.15. The van der Waals surface area contributed by atoms with E-state index in [1.54, 1.807) is 7.11 Å². The first-order valence-corrected chi connectivity index (χ1v) is 6.08. The van der Waals surface area contributed by atoms with Crippen LogP contribution in [0, 0.1) is 6.92 Å². The summed E-state index contributed by atoms with van der Waals surface area (Å²) in [6.07, 6.45) is 0. The second-order valence-corrected chi connectivity index (χ2v) is 4.57. The normalized spacial score (nSPS) is 10.4. The number of methoxy groups -OCH3 is 1. The molecule has 3 heteroatoms. The van der Waals surface area contributed by atoms with Crippen LogP contribution in [0.15, 0.2) is 36.4 Å². The Hall–Kier alpha value is -1.51. The second-order valence-electron chi connectivity index (χ2n) is 4.17. The molecule has 0 spiro atoms. The fraction of sp³-hybridized carbons (Fsp3) is 0.200. The van der Waals surface area contributed by atoms with Gasteiger partial charge in [0, 0.05) is 0 Å². The van der Waals surface area contributed by atoms with Gasteiger partial charge < -0.3 is 9.84 Å². The summed E-state index contributed by atoms with van der Waals surface area (Å²) in [6, 6.07) is 11.7. The van der Waals surface area contributed by atoms with Crippen LogP contribution >= 0.6 is 11.6 Å². The number of hydrogen-bond acceptors (Lipinski definition) is 2. The van der Waals surface area contributed by atoms with Gasteiger partial charge in [-0.05, 0) is 47.4 Å². The van der Waals surface area contributed by atoms with Gasteiger partial charge in [-0.1, -0.05) is 29.8 Å². The molecule has 0 saturated heterocycles. The molecule has 2 aromatic carbocycles. The van der Waals surface area contributed by atoms with E-state index in [4.69, 9.17) is 21.4 Å². The maximum absolute atomic E-state index is 9.15. The second kappa shape index (κ2) is 5.42. The molecule has 0 saturated carbocycles. The average Bonchev–Trinajstić information content (AvgIpc) is 2.38. The number of halogens is 1. The molecule has 0 fully saturated rings. The summed E-state index contributed by atoms with van der Waals surface area (Å²) in [6.45, 7) is 2.00. The van der Waals surface area contributed by atoms with E-state index in [9.17, 15) is 0 Å². The Bertz CT molecular complexity index is 541. The van der Waals surface area contributed by atoms with Gasteiger partial charge in [-0.2, -0.15) is 0 Å². The summed E-state index contributed by atoms with van der Waals surface area (Å²) in [7, 11) is 1.61. The minimum Gasteiger partial charge on any atom is -0.495 e. The Balaban J connectivity index is 2.51. The molecule has 2 nitrogen and oxygen atoms in total. The molecule has 0 aliphatic carbocycles. The molecule has 0 aliphatic rings. The summed E-state index contributed by atoms with van der Waals surface area (Å²) in [5, 5.41) is 9.75. The molecular weight excluding hydrogens is 248 g/mol. The van der Waals surface area contributed by atoms with Gasteiger partial charge in [0.2, 0.25) is 0 Å². The summed E-state index contributed by atoms with van der Waals surface area (Å²) in [4.78, 5) is 0. The Morgan fingerprint density at radius 1 is 1.17 bits per heavy atom. The highest BCUT2D eigenvalue weighted by Gasteiger charge is 2.08. The standard InChI is InChI=1S/C15H15ClO2/c1-10-6-13(8-14(16)15(10)18-2)12-5-3-4-11(7-12)9-17/h3-8,17H,9H2,1-2H3. The van der Waals surface area contributed by atoms with Crippen LogP contribution in [0.2, 0.25) is 5.02 Å². The van der Waals surface area contributed by atoms with Gasteiger partial charge in [-0.15, -0.1) is 0 Å². The smallest absolute Gasteiger partial charge is 0.140 e. The fourth-order valence-electron chi connectivity index (χ4n) is 2.01. The zero-order valence-corrected chi connectivity index (χ0v) is 11.2. The molecule has 2 rings (SSSR count). The van der Waals surface area contributed by atoms with Crippen LogP contribution in [-0.2, 0) is 6.61 Å². The van der Waals surface area contributed by atoms with Crippen LogP contribution in [0.25, 0.3) is 11.1 Å². The summed E-state index contributed by atoms with van der Waals surface area (Å²) in [5.41, 5.74) is 3.94. The van der Waals surface area contributed by atoms with Gasteiger partial charge in [0.05, 0.1) is 18.7 Å². The fourth-order valence-corrected chi connectivity index (χ4v) is 2.35. The molecule has 0 heterocycles. The van der Waals surface area contributed by atoms with Crippen molar-refractivity contribution in [3.05, 3.63) is 52.5 Å². The van der Waals surface area contributed by atoms with E-state index in [2.05, 4.69) is 0 Å². The molecule has 1 N–H and O–H groups in total. The predicted octanol–water partition coefficient (Wildman–Crippen LogP) is 3.82. The van der Waals surface area contributed by atoms with Crippen molar-refractivity contribution in [2.45, 2.75) is 13.5 Å². The van der Waals surface area contributed by atoms with E-state index in [1.807, 2.05) is 43.3 Å². The van der Waals surface area contributed by atoms with E-state index in [1.165, 1.54) is 0 Å². The quantitative estimate of drug-likeness (QED) is 0.911. The largest absolute Gasteiger partial charge is 0.495 e. The van der Waals surface area contributed by atoms with Gasteiger partial charge in [0.1, 0.15) is 5.75 Å². The van der Waals surface area contributed by atoms with Gasteiger partial charge in [0.15, 0.2) is 0 Å². The molecule has 0 amide bonds. The first kappa shape index (κ1) is 12.9. The highest BCUT2D eigenvalue weighted by Crippen LogP contribution is 2.33. The Morgan fingerprint density at radius 3 is 2.56 bits per heavy atom. The van der Waals surface area contributed by atoms with Gasteiger partial charge in [-0.3, -0.25) is 0 Å². The Labute approximate surface area is 112 Å². The van der Waals surface area contributed by atoms with Crippen LogP contribution in [0.4, 0.5) is 0 Å². The van der Waals surface area contributed by atoms with Crippen molar-refractivity contribution in [1.82, 2.24) is 0 Å². The van der Waals surface area contributed by atoms with Crippen molar-refractivity contribution in [3.63, 3.8) is 0 Å². The Kier molecular flexibility index (Phi) is 3.90. The first-order valence-electron chi connectivity index (χ1n) is 5.70. The van der Waals surface area contributed by atoms with Crippen LogP contribution < -0.4 is 4.74 Å². The highest BCUT2D eigenvalue weighted by molar-refractivity contribution is 6.32. The van der Waals surface area contributed by atoms with Crippen molar-refractivity contribution in [3.8, 4) is 16.9 Å². The number of aryl methyl sites for hydroxylation is 1. The SMILES string of the molecule is COc1c(C)cc(-c2cccc(CO)c2)cc1Cl. The topological polar surface area (TPSA) is 29.5 Å². The number of aliphatic hydroxyl groups excluding tert-OH is 1. The van der Waals surface area contributed by atoms with Crippen LogP contribution in [0.1, 0.15) is 11.1 Å².